The Balaban J connectivity index is 1.64. The molecule has 0 bridgehead atoms. The van der Waals surface area contributed by atoms with Gasteiger partial charge < -0.3 is 16.0 Å². The maximum absolute atomic E-state index is 6.08. The molecule has 0 amide bonds. The number of fused-ring (bicyclic) bond motifs is 1. The van der Waals surface area contributed by atoms with Crippen LogP contribution in [-0.4, -0.2) is 9.55 Å². The molecule has 0 aliphatic heterocycles. The molecule has 0 saturated carbocycles. The van der Waals surface area contributed by atoms with Gasteiger partial charge in [0.2, 0.25) is 5.95 Å². The third-order valence-corrected chi connectivity index (χ3v) is 4.53. The average molecular weight is 349 g/mol. The summed E-state index contributed by atoms with van der Waals surface area (Å²) in [6.07, 6.45) is 0. The van der Waals surface area contributed by atoms with E-state index in [2.05, 4.69) is 29.2 Å². The molecular formula is C20H17ClN4. The van der Waals surface area contributed by atoms with Crippen LogP contribution in [0.4, 0.5) is 11.6 Å². The molecule has 4 rings (SSSR count). The molecule has 0 aliphatic carbocycles. The highest BCUT2D eigenvalue weighted by molar-refractivity contribution is 6.30. The van der Waals surface area contributed by atoms with Gasteiger partial charge in [0, 0.05) is 10.7 Å². The number of anilines is 2. The first kappa shape index (κ1) is 15.5. The van der Waals surface area contributed by atoms with Crippen molar-refractivity contribution in [3.8, 4) is 11.1 Å². The minimum atomic E-state index is 0.488. The van der Waals surface area contributed by atoms with Crippen molar-refractivity contribution < 1.29 is 0 Å². The number of halogens is 1. The first-order valence-electron chi connectivity index (χ1n) is 7.96. The molecule has 3 aromatic carbocycles. The Kier molecular flexibility index (Phi) is 3.82. The Morgan fingerprint density at radius 3 is 2.16 bits per heavy atom. The number of hydrogen-bond acceptors (Lipinski definition) is 3. The minimum Gasteiger partial charge on any atom is -0.399 e. The van der Waals surface area contributed by atoms with Crippen LogP contribution in [0.1, 0.15) is 5.56 Å². The standard InChI is InChI=1S/C20H17ClN4/c21-16-7-5-15(6-8-16)14-3-1-13(2-4-14)12-25-19-11-17(22)9-10-18(19)24-20(25)23/h1-11H,12,22H2,(H2,23,24). The van der Waals surface area contributed by atoms with Crippen LogP contribution in [-0.2, 0) is 6.54 Å². The van der Waals surface area contributed by atoms with Crippen molar-refractivity contribution in [1.82, 2.24) is 9.55 Å². The van der Waals surface area contributed by atoms with E-state index in [-0.39, 0.29) is 0 Å². The molecule has 124 valence electrons. The SMILES string of the molecule is Nc1ccc2nc(N)n(Cc3ccc(-c4ccc(Cl)cc4)cc3)c2c1. The third-order valence-electron chi connectivity index (χ3n) is 4.27. The summed E-state index contributed by atoms with van der Waals surface area (Å²) in [6, 6.07) is 21.8. The number of imidazole rings is 1. The lowest BCUT2D eigenvalue weighted by Gasteiger charge is -2.08. The zero-order chi connectivity index (χ0) is 17.4. The molecule has 1 heterocycles. The van der Waals surface area contributed by atoms with Crippen molar-refractivity contribution in [3.63, 3.8) is 0 Å². The van der Waals surface area contributed by atoms with Crippen LogP contribution in [0.5, 0.6) is 0 Å². The number of benzene rings is 3. The molecule has 0 saturated heterocycles. The molecule has 4 nitrogen and oxygen atoms in total. The van der Waals surface area contributed by atoms with E-state index in [0.29, 0.717) is 18.2 Å². The van der Waals surface area contributed by atoms with E-state index in [1.54, 1.807) is 0 Å². The number of nitrogens with two attached hydrogens (primary N) is 2. The molecular weight excluding hydrogens is 332 g/mol. The van der Waals surface area contributed by atoms with Crippen LogP contribution in [0.25, 0.3) is 22.2 Å². The van der Waals surface area contributed by atoms with Gasteiger partial charge in [-0.15, -0.1) is 0 Å². The van der Waals surface area contributed by atoms with Gasteiger partial charge in [-0.05, 0) is 47.0 Å². The van der Waals surface area contributed by atoms with Gasteiger partial charge in [-0.25, -0.2) is 4.98 Å². The van der Waals surface area contributed by atoms with E-state index in [4.69, 9.17) is 23.1 Å². The van der Waals surface area contributed by atoms with Crippen LogP contribution in [0.15, 0.2) is 66.7 Å². The van der Waals surface area contributed by atoms with Gasteiger partial charge in [-0.3, -0.25) is 0 Å². The molecule has 25 heavy (non-hydrogen) atoms. The monoisotopic (exact) mass is 348 g/mol. The molecule has 0 fully saturated rings. The number of nitrogens with zero attached hydrogens (tertiary/aromatic N) is 2. The smallest absolute Gasteiger partial charge is 0.201 e. The maximum atomic E-state index is 6.08. The van der Waals surface area contributed by atoms with Crippen LogP contribution in [0.2, 0.25) is 5.02 Å². The molecule has 5 heteroatoms. The molecule has 0 aliphatic rings. The molecule has 1 aromatic heterocycles. The summed E-state index contributed by atoms with van der Waals surface area (Å²) in [7, 11) is 0. The van der Waals surface area contributed by atoms with Crippen LogP contribution < -0.4 is 11.5 Å². The van der Waals surface area contributed by atoms with Gasteiger partial charge in [0.15, 0.2) is 0 Å². The highest BCUT2D eigenvalue weighted by Crippen LogP contribution is 2.24. The van der Waals surface area contributed by atoms with Crippen molar-refractivity contribution in [2.45, 2.75) is 6.54 Å². The maximum Gasteiger partial charge on any atom is 0.201 e. The van der Waals surface area contributed by atoms with E-state index in [1.807, 2.05) is 47.0 Å². The summed E-state index contributed by atoms with van der Waals surface area (Å²) in [5.41, 5.74) is 17.9. The Morgan fingerprint density at radius 2 is 1.48 bits per heavy atom. The van der Waals surface area contributed by atoms with Crippen molar-refractivity contribution in [2.24, 2.45) is 0 Å². The van der Waals surface area contributed by atoms with Gasteiger partial charge in [0.1, 0.15) is 0 Å². The summed E-state index contributed by atoms with van der Waals surface area (Å²) in [5, 5.41) is 0.738. The van der Waals surface area contributed by atoms with Gasteiger partial charge in [-0.1, -0.05) is 48.0 Å². The minimum absolute atomic E-state index is 0.488. The van der Waals surface area contributed by atoms with Gasteiger partial charge in [0.25, 0.3) is 0 Å². The van der Waals surface area contributed by atoms with Gasteiger partial charge in [0.05, 0.1) is 17.6 Å². The highest BCUT2D eigenvalue weighted by atomic mass is 35.5. The van der Waals surface area contributed by atoms with Crippen LogP contribution >= 0.6 is 11.6 Å². The molecule has 0 atom stereocenters. The van der Waals surface area contributed by atoms with Crippen molar-refractivity contribution in [3.05, 3.63) is 77.3 Å². The predicted octanol–water partition coefficient (Wildman–Crippen LogP) is 4.57. The van der Waals surface area contributed by atoms with E-state index >= 15 is 0 Å². The molecule has 4 N–H and O–H groups in total. The van der Waals surface area contributed by atoms with Crippen molar-refractivity contribution >= 4 is 34.3 Å². The number of aromatic nitrogens is 2. The lowest BCUT2D eigenvalue weighted by molar-refractivity contribution is 0.839. The first-order chi connectivity index (χ1) is 12.1. The first-order valence-corrected chi connectivity index (χ1v) is 8.34. The number of nitrogen functional groups attached to an aromatic ring is 2. The molecule has 0 radical (unpaired) electrons. The number of hydrogen-bond donors (Lipinski definition) is 2. The van der Waals surface area contributed by atoms with E-state index in [0.717, 1.165) is 32.7 Å². The Bertz CT molecular complexity index is 1030. The Labute approximate surface area is 150 Å². The Hall–Kier alpha value is -2.98. The zero-order valence-corrected chi connectivity index (χ0v) is 14.2. The fourth-order valence-corrected chi connectivity index (χ4v) is 3.08. The highest BCUT2D eigenvalue weighted by Gasteiger charge is 2.09. The normalized spacial score (nSPS) is 11.1. The summed E-state index contributed by atoms with van der Waals surface area (Å²) in [6.45, 7) is 0.646. The second kappa shape index (κ2) is 6.15. The fraction of sp³-hybridized carbons (Fsp3) is 0.0500. The van der Waals surface area contributed by atoms with Crippen molar-refractivity contribution in [2.75, 3.05) is 11.5 Å². The number of rotatable bonds is 3. The lowest BCUT2D eigenvalue weighted by atomic mass is 10.0. The summed E-state index contributed by atoms with van der Waals surface area (Å²) in [5.74, 6) is 0.488. The Morgan fingerprint density at radius 1 is 0.840 bits per heavy atom. The molecule has 0 unspecified atom stereocenters. The third kappa shape index (κ3) is 3.04. The molecule has 4 aromatic rings. The predicted molar refractivity (Wildman–Crippen MR) is 105 cm³/mol. The van der Waals surface area contributed by atoms with Gasteiger partial charge in [-0.2, -0.15) is 0 Å². The van der Waals surface area contributed by atoms with E-state index < -0.39 is 0 Å². The average Bonchev–Trinajstić information content (AvgIpc) is 2.92. The van der Waals surface area contributed by atoms with Crippen LogP contribution in [0, 0.1) is 0 Å². The largest absolute Gasteiger partial charge is 0.399 e. The summed E-state index contributed by atoms with van der Waals surface area (Å²) >= 11 is 5.95. The van der Waals surface area contributed by atoms with Gasteiger partial charge >= 0.3 is 0 Å². The van der Waals surface area contributed by atoms with Crippen LogP contribution in [0.3, 0.4) is 0 Å². The van der Waals surface area contributed by atoms with E-state index in [1.165, 1.54) is 0 Å². The lowest BCUT2D eigenvalue weighted by Crippen LogP contribution is -2.04. The van der Waals surface area contributed by atoms with E-state index in [9.17, 15) is 0 Å². The quantitative estimate of drug-likeness (QED) is 0.533. The zero-order valence-electron chi connectivity index (χ0n) is 13.5. The van der Waals surface area contributed by atoms with Crippen molar-refractivity contribution in [1.29, 1.82) is 0 Å². The summed E-state index contributed by atoms with van der Waals surface area (Å²) in [4.78, 5) is 4.40. The topological polar surface area (TPSA) is 69.9 Å². The second-order valence-electron chi connectivity index (χ2n) is 6.01. The second-order valence-corrected chi connectivity index (χ2v) is 6.44. The molecule has 0 spiro atoms. The fourth-order valence-electron chi connectivity index (χ4n) is 2.95. The summed E-state index contributed by atoms with van der Waals surface area (Å²) < 4.78 is 1.98.